The molecule has 2 heterocycles. The Morgan fingerprint density at radius 2 is 1.96 bits per heavy atom. The number of hydrogen-bond acceptors (Lipinski definition) is 5. The van der Waals surface area contributed by atoms with Crippen molar-refractivity contribution in [1.29, 1.82) is 0 Å². The minimum Gasteiger partial charge on any atom is -0.274 e. The first-order valence-electron chi connectivity index (χ1n) is 7.63. The van der Waals surface area contributed by atoms with Gasteiger partial charge in [-0.05, 0) is 31.5 Å². The Labute approximate surface area is 150 Å². The fourth-order valence-corrected chi connectivity index (χ4v) is 3.82. The molecule has 0 radical (unpaired) electrons. The summed E-state index contributed by atoms with van der Waals surface area (Å²) in [6.07, 6.45) is 3.80. The maximum atomic E-state index is 12.7. The number of anilines is 1. The first-order chi connectivity index (χ1) is 11.9. The van der Waals surface area contributed by atoms with E-state index < -0.39 is 10.0 Å². The van der Waals surface area contributed by atoms with Gasteiger partial charge >= 0.3 is 0 Å². The highest BCUT2D eigenvalue weighted by atomic mass is 35.5. The van der Waals surface area contributed by atoms with Crippen LogP contribution in [0.15, 0.2) is 41.8 Å². The monoisotopic (exact) mass is 380 g/mol. The molecule has 10 heteroatoms. The molecule has 1 aromatic carbocycles. The number of halogens is 1. The van der Waals surface area contributed by atoms with E-state index in [9.17, 15) is 8.42 Å². The summed E-state index contributed by atoms with van der Waals surface area (Å²) in [5.74, 6) is 0.418. The normalized spacial score (nSPS) is 11.6. The molecule has 0 aliphatic rings. The summed E-state index contributed by atoms with van der Waals surface area (Å²) in [6.45, 7) is 4.50. The molecule has 0 fully saturated rings. The lowest BCUT2D eigenvalue weighted by atomic mass is 10.3. The van der Waals surface area contributed by atoms with E-state index in [0.29, 0.717) is 28.8 Å². The van der Waals surface area contributed by atoms with Gasteiger partial charge in [0.2, 0.25) is 0 Å². The summed E-state index contributed by atoms with van der Waals surface area (Å²) in [7, 11) is -3.82. The van der Waals surface area contributed by atoms with Crippen molar-refractivity contribution in [3.05, 3.63) is 47.6 Å². The van der Waals surface area contributed by atoms with Gasteiger partial charge in [0.05, 0.1) is 10.6 Å². The van der Waals surface area contributed by atoms with E-state index in [2.05, 4.69) is 20.0 Å². The van der Waals surface area contributed by atoms with E-state index in [0.717, 1.165) is 6.42 Å². The molecule has 0 amide bonds. The third kappa shape index (κ3) is 3.52. The predicted octanol–water partition coefficient (Wildman–Crippen LogP) is 2.64. The Morgan fingerprint density at radius 1 is 1.24 bits per heavy atom. The molecule has 0 saturated carbocycles. The second kappa shape index (κ2) is 6.85. The SMILES string of the molecule is CCCn1nc(-n2cnnc2)c(NS(=O)(=O)c2cccc(Cl)c2)c1C. The lowest BCUT2D eigenvalue weighted by molar-refractivity contribution is 0.583. The zero-order chi connectivity index (χ0) is 18.0. The van der Waals surface area contributed by atoms with Gasteiger partial charge in [-0.1, -0.05) is 24.6 Å². The average Bonchev–Trinajstić information content (AvgIpc) is 3.19. The largest absolute Gasteiger partial charge is 0.274 e. The maximum Gasteiger partial charge on any atom is 0.262 e. The minimum atomic E-state index is -3.82. The highest BCUT2D eigenvalue weighted by molar-refractivity contribution is 7.92. The van der Waals surface area contributed by atoms with Crippen molar-refractivity contribution in [3.63, 3.8) is 0 Å². The lowest BCUT2D eigenvalue weighted by Gasteiger charge is -2.10. The average molecular weight is 381 g/mol. The topological polar surface area (TPSA) is 94.7 Å². The summed E-state index contributed by atoms with van der Waals surface area (Å²) < 4.78 is 31.4. The van der Waals surface area contributed by atoms with Gasteiger partial charge in [0, 0.05) is 11.6 Å². The van der Waals surface area contributed by atoms with E-state index >= 15 is 0 Å². The Morgan fingerprint density at radius 3 is 2.60 bits per heavy atom. The molecular formula is C15H17ClN6O2S. The molecule has 0 atom stereocenters. The van der Waals surface area contributed by atoms with Crippen LogP contribution in [0, 0.1) is 6.92 Å². The van der Waals surface area contributed by atoms with Crippen molar-refractivity contribution in [2.75, 3.05) is 4.72 Å². The van der Waals surface area contributed by atoms with Gasteiger partial charge in [-0.15, -0.1) is 10.2 Å². The number of aromatic nitrogens is 5. The van der Waals surface area contributed by atoms with Gasteiger partial charge in [-0.2, -0.15) is 5.10 Å². The van der Waals surface area contributed by atoms with Gasteiger partial charge < -0.3 is 0 Å². The van der Waals surface area contributed by atoms with Gasteiger partial charge in [-0.25, -0.2) is 8.42 Å². The Hall–Kier alpha value is -2.39. The first-order valence-corrected chi connectivity index (χ1v) is 9.49. The fraction of sp³-hybridized carbons (Fsp3) is 0.267. The van der Waals surface area contributed by atoms with Crippen LogP contribution in [-0.4, -0.2) is 33.0 Å². The standard InChI is InChI=1S/C15H17ClN6O2S/c1-3-7-22-11(2)14(15(19-22)21-9-17-18-10-21)20-25(23,24)13-6-4-5-12(16)8-13/h4-6,8-10,20H,3,7H2,1-2H3. The van der Waals surface area contributed by atoms with Crippen molar-refractivity contribution < 1.29 is 8.42 Å². The molecule has 8 nitrogen and oxygen atoms in total. The molecule has 3 rings (SSSR count). The third-order valence-corrected chi connectivity index (χ3v) is 5.21. The van der Waals surface area contributed by atoms with E-state index in [1.54, 1.807) is 21.4 Å². The third-order valence-electron chi connectivity index (χ3n) is 3.63. The molecule has 2 aromatic heterocycles. The maximum absolute atomic E-state index is 12.7. The summed E-state index contributed by atoms with van der Waals surface area (Å²) in [5, 5.41) is 12.4. The van der Waals surface area contributed by atoms with Crippen LogP contribution in [0.2, 0.25) is 5.02 Å². The molecule has 0 aliphatic heterocycles. The number of nitrogens with one attached hydrogen (secondary N) is 1. The van der Waals surface area contributed by atoms with Crippen LogP contribution in [0.3, 0.4) is 0 Å². The summed E-state index contributed by atoms with van der Waals surface area (Å²) >= 11 is 5.91. The molecule has 132 valence electrons. The number of sulfonamides is 1. The second-order valence-electron chi connectivity index (χ2n) is 5.44. The lowest BCUT2D eigenvalue weighted by Crippen LogP contribution is -2.15. The molecule has 0 saturated heterocycles. The van der Waals surface area contributed by atoms with E-state index in [1.165, 1.54) is 24.8 Å². The van der Waals surface area contributed by atoms with Crippen LogP contribution < -0.4 is 4.72 Å². The highest BCUT2D eigenvalue weighted by Gasteiger charge is 2.23. The van der Waals surface area contributed by atoms with Crippen molar-refractivity contribution in [1.82, 2.24) is 24.5 Å². The molecular weight excluding hydrogens is 364 g/mol. The second-order valence-corrected chi connectivity index (χ2v) is 7.56. The smallest absolute Gasteiger partial charge is 0.262 e. The van der Waals surface area contributed by atoms with Crippen LogP contribution in [0.1, 0.15) is 19.0 Å². The van der Waals surface area contributed by atoms with E-state index in [4.69, 9.17) is 11.6 Å². The number of rotatable bonds is 6. The molecule has 25 heavy (non-hydrogen) atoms. The van der Waals surface area contributed by atoms with Gasteiger partial charge in [0.1, 0.15) is 18.3 Å². The first kappa shape index (κ1) is 17.4. The zero-order valence-corrected chi connectivity index (χ0v) is 15.3. The Kier molecular flexibility index (Phi) is 4.78. The Bertz CT molecular complexity index is 982. The van der Waals surface area contributed by atoms with E-state index in [-0.39, 0.29) is 4.90 Å². The predicted molar refractivity (Wildman–Crippen MR) is 94.4 cm³/mol. The van der Waals surface area contributed by atoms with Crippen molar-refractivity contribution in [3.8, 4) is 5.82 Å². The van der Waals surface area contributed by atoms with Crippen LogP contribution in [0.5, 0.6) is 0 Å². The number of aryl methyl sites for hydroxylation is 1. The molecule has 0 unspecified atom stereocenters. The van der Waals surface area contributed by atoms with Crippen LogP contribution in [0.4, 0.5) is 5.69 Å². The van der Waals surface area contributed by atoms with Gasteiger partial charge in [0.25, 0.3) is 10.0 Å². The highest BCUT2D eigenvalue weighted by Crippen LogP contribution is 2.27. The number of hydrogen-bond donors (Lipinski definition) is 1. The summed E-state index contributed by atoms with van der Waals surface area (Å²) in [6, 6.07) is 6.09. The van der Waals surface area contributed by atoms with Crippen molar-refractivity contribution in [2.45, 2.75) is 31.7 Å². The van der Waals surface area contributed by atoms with Gasteiger partial charge in [0.15, 0.2) is 5.82 Å². The summed E-state index contributed by atoms with van der Waals surface area (Å²) in [4.78, 5) is 0.0809. The van der Waals surface area contributed by atoms with E-state index in [1.807, 2.05) is 13.8 Å². The minimum absolute atomic E-state index is 0.0809. The number of nitrogens with zero attached hydrogens (tertiary/aromatic N) is 5. The molecule has 3 aromatic rings. The molecule has 0 bridgehead atoms. The number of benzene rings is 1. The molecule has 1 N–H and O–H groups in total. The van der Waals surface area contributed by atoms with Crippen LogP contribution in [0.25, 0.3) is 5.82 Å². The zero-order valence-electron chi connectivity index (χ0n) is 13.7. The fourth-order valence-electron chi connectivity index (χ4n) is 2.40. The molecule has 0 spiro atoms. The summed E-state index contributed by atoms with van der Waals surface area (Å²) in [5.41, 5.74) is 1.09. The molecule has 0 aliphatic carbocycles. The quantitative estimate of drug-likeness (QED) is 0.709. The van der Waals surface area contributed by atoms with Crippen LogP contribution >= 0.6 is 11.6 Å². The van der Waals surface area contributed by atoms with Crippen molar-refractivity contribution >= 4 is 27.3 Å². The van der Waals surface area contributed by atoms with Gasteiger partial charge in [-0.3, -0.25) is 14.0 Å². The van der Waals surface area contributed by atoms with Crippen molar-refractivity contribution in [2.24, 2.45) is 0 Å². The Balaban J connectivity index is 2.07. The van der Waals surface area contributed by atoms with Crippen LogP contribution in [-0.2, 0) is 16.6 Å².